The van der Waals surface area contributed by atoms with Gasteiger partial charge in [-0.25, -0.2) is 8.42 Å². The fourth-order valence-electron chi connectivity index (χ4n) is 2.30. The van der Waals surface area contributed by atoms with Gasteiger partial charge in [-0.2, -0.15) is 0 Å². The Bertz CT molecular complexity index is 831. The van der Waals surface area contributed by atoms with Gasteiger partial charge < -0.3 is 9.47 Å². The molecule has 0 unspecified atom stereocenters. The van der Waals surface area contributed by atoms with Gasteiger partial charge in [0, 0.05) is 0 Å². The number of ether oxygens (including phenoxy) is 2. The maximum absolute atomic E-state index is 13.1. The molecule has 134 valence electrons. The Morgan fingerprint density at radius 3 is 2.36 bits per heavy atom. The summed E-state index contributed by atoms with van der Waals surface area (Å²) >= 11 is 0. The average molecular weight is 363 g/mol. The molecular formula is C18H21NO5S. The minimum atomic E-state index is -3.93. The summed E-state index contributed by atoms with van der Waals surface area (Å²) in [5.74, 6) is -0.0625. The smallest absolute Gasteiger partial charge is 0.326 e. The van der Waals surface area contributed by atoms with Crippen LogP contribution >= 0.6 is 0 Å². The van der Waals surface area contributed by atoms with Crippen molar-refractivity contribution in [1.82, 2.24) is 0 Å². The number of hydrogen-bond donors (Lipinski definition) is 0. The van der Waals surface area contributed by atoms with Gasteiger partial charge in [0.15, 0.2) is 0 Å². The highest BCUT2D eigenvalue weighted by atomic mass is 32.2. The van der Waals surface area contributed by atoms with E-state index in [9.17, 15) is 13.2 Å². The van der Waals surface area contributed by atoms with Gasteiger partial charge in [0.25, 0.3) is 10.0 Å². The first-order chi connectivity index (χ1) is 11.9. The van der Waals surface area contributed by atoms with Gasteiger partial charge >= 0.3 is 5.97 Å². The molecule has 2 rings (SSSR count). The summed E-state index contributed by atoms with van der Waals surface area (Å²) in [7, 11) is -2.43. The summed E-state index contributed by atoms with van der Waals surface area (Å²) in [5.41, 5.74) is 1.29. The van der Waals surface area contributed by atoms with Gasteiger partial charge in [0.1, 0.15) is 12.3 Å². The minimum absolute atomic E-state index is 0.0686. The predicted octanol–water partition coefficient (Wildman–Crippen LogP) is 2.76. The Morgan fingerprint density at radius 1 is 1.12 bits per heavy atom. The van der Waals surface area contributed by atoms with Crippen LogP contribution in [0.2, 0.25) is 0 Å². The maximum atomic E-state index is 13.1. The van der Waals surface area contributed by atoms with E-state index in [1.54, 1.807) is 37.3 Å². The molecule has 0 aliphatic carbocycles. The average Bonchev–Trinajstić information content (AvgIpc) is 2.60. The Hall–Kier alpha value is -2.54. The van der Waals surface area contributed by atoms with Crippen molar-refractivity contribution in [3.8, 4) is 5.75 Å². The summed E-state index contributed by atoms with van der Waals surface area (Å²) < 4.78 is 37.2. The number of methoxy groups -OCH3 is 1. The van der Waals surface area contributed by atoms with E-state index in [-0.39, 0.29) is 11.5 Å². The molecule has 0 bridgehead atoms. The summed E-state index contributed by atoms with van der Waals surface area (Å²) in [4.78, 5) is 12.0. The van der Waals surface area contributed by atoms with Crippen molar-refractivity contribution in [3.05, 3.63) is 54.1 Å². The largest absolute Gasteiger partial charge is 0.497 e. The highest BCUT2D eigenvalue weighted by Crippen LogP contribution is 2.25. The van der Waals surface area contributed by atoms with Crippen LogP contribution < -0.4 is 9.04 Å². The number of esters is 1. The Morgan fingerprint density at radius 2 is 1.80 bits per heavy atom. The molecular weight excluding hydrogens is 342 g/mol. The number of anilines is 1. The first-order valence-corrected chi connectivity index (χ1v) is 9.21. The predicted molar refractivity (Wildman–Crippen MR) is 95.3 cm³/mol. The van der Waals surface area contributed by atoms with E-state index in [4.69, 9.17) is 9.47 Å². The molecule has 0 N–H and O–H groups in total. The SMILES string of the molecule is CCOC(=O)CN(c1cccc(C)c1)S(=O)(=O)c1ccc(OC)cc1. The standard InChI is InChI=1S/C18H21NO5S/c1-4-24-18(20)13-19(15-7-5-6-14(2)12-15)25(21,22)17-10-8-16(23-3)9-11-17/h5-12H,4,13H2,1-3H3. The molecule has 0 atom stereocenters. The quantitative estimate of drug-likeness (QED) is 0.707. The minimum Gasteiger partial charge on any atom is -0.497 e. The highest BCUT2D eigenvalue weighted by Gasteiger charge is 2.27. The van der Waals surface area contributed by atoms with Crippen LogP contribution in [-0.4, -0.2) is 34.6 Å². The number of rotatable bonds is 7. The van der Waals surface area contributed by atoms with Crippen LogP contribution in [0.15, 0.2) is 53.4 Å². The third kappa shape index (κ3) is 4.51. The molecule has 6 nitrogen and oxygen atoms in total. The van der Waals surface area contributed by atoms with Gasteiger partial charge in [0.2, 0.25) is 0 Å². The molecule has 0 radical (unpaired) electrons. The molecule has 0 fully saturated rings. The first-order valence-electron chi connectivity index (χ1n) is 7.77. The van der Waals surface area contributed by atoms with Crippen molar-refractivity contribution >= 4 is 21.7 Å². The highest BCUT2D eigenvalue weighted by molar-refractivity contribution is 7.92. The zero-order valence-electron chi connectivity index (χ0n) is 14.4. The maximum Gasteiger partial charge on any atom is 0.326 e. The number of benzene rings is 2. The van der Waals surface area contributed by atoms with Crippen LogP contribution in [0, 0.1) is 6.92 Å². The lowest BCUT2D eigenvalue weighted by Crippen LogP contribution is -2.36. The summed E-state index contributed by atoms with van der Waals surface area (Å²) in [6.07, 6.45) is 0. The van der Waals surface area contributed by atoms with E-state index in [2.05, 4.69) is 0 Å². The number of carbonyl (C=O) groups is 1. The number of sulfonamides is 1. The van der Waals surface area contributed by atoms with Crippen LogP contribution in [0.5, 0.6) is 5.75 Å². The fourth-order valence-corrected chi connectivity index (χ4v) is 3.70. The molecule has 0 amide bonds. The number of nitrogens with zero attached hydrogens (tertiary/aromatic N) is 1. The number of aryl methyl sites for hydroxylation is 1. The Balaban J connectivity index is 2.46. The Kier molecular flexibility index (Phi) is 6.03. The van der Waals surface area contributed by atoms with Crippen molar-refractivity contribution in [2.24, 2.45) is 0 Å². The van der Waals surface area contributed by atoms with Gasteiger partial charge in [-0.3, -0.25) is 9.10 Å². The van der Waals surface area contributed by atoms with Gasteiger partial charge in [-0.15, -0.1) is 0 Å². The van der Waals surface area contributed by atoms with Gasteiger partial charge in [-0.05, 0) is 55.8 Å². The van der Waals surface area contributed by atoms with Crippen molar-refractivity contribution in [2.45, 2.75) is 18.7 Å². The van der Waals surface area contributed by atoms with Crippen LogP contribution in [0.25, 0.3) is 0 Å². The molecule has 0 aliphatic heterocycles. The monoisotopic (exact) mass is 363 g/mol. The molecule has 0 heterocycles. The lowest BCUT2D eigenvalue weighted by Gasteiger charge is -2.24. The fraction of sp³-hybridized carbons (Fsp3) is 0.278. The molecule has 7 heteroatoms. The first kappa shape index (κ1) is 18.8. The molecule has 25 heavy (non-hydrogen) atoms. The molecule has 0 spiro atoms. The van der Waals surface area contributed by atoms with E-state index in [1.807, 2.05) is 13.0 Å². The molecule has 0 saturated heterocycles. The number of carbonyl (C=O) groups excluding carboxylic acids is 1. The van der Waals surface area contributed by atoms with E-state index >= 15 is 0 Å². The van der Waals surface area contributed by atoms with Crippen LogP contribution in [0.4, 0.5) is 5.69 Å². The topological polar surface area (TPSA) is 72.9 Å². The van der Waals surface area contributed by atoms with Crippen LogP contribution in [0.1, 0.15) is 12.5 Å². The second kappa shape index (κ2) is 8.02. The number of hydrogen-bond acceptors (Lipinski definition) is 5. The van der Waals surface area contributed by atoms with Crippen LogP contribution in [-0.2, 0) is 19.6 Å². The van der Waals surface area contributed by atoms with E-state index < -0.39 is 22.5 Å². The lowest BCUT2D eigenvalue weighted by atomic mass is 10.2. The van der Waals surface area contributed by atoms with E-state index in [1.165, 1.54) is 19.2 Å². The van der Waals surface area contributed by atoms with Gasteiger partial charge in [0.05, 0.1) is 24.3 Å². The second-order valence-corrected chi connectivity index (χ2v) is 7.19. The van der Waals surface area contributed by atoms with Crippen molar-refractivity contribution in [1.29, 1.82) is 0 Å². The van der Waals surface area contributed by atoms with E-state index in [0.29, 0.717) is 11.4 Å². The third-order valence-electron chi connectivity index (χ3n) is 3.52. The lowest BCUT2D eigenvalue weighted by molar-refractivity contribution is -0.141. The second-order valence-electron chi connectivity index (χ2n) is 5.33. The Labute approximate surface area is 148 Å². The molecule has 0 saturated carbocycles. The van der Waals surface area contributed by atoms with Crippen molar-refractivity contribution in [3.63, 3.8) is 0 Å². The van der Waals surface area contributed by atoms with Crippen molar-refractivity contribution in [2.75, 3.05) is 24.6 Å². The molecule has 2 aromatic rings. The molecule has 0 aromatic heterocycles. The molecule has 2 aromatic carbocycles. The third-order valence-corrected chi connectivity index (χ3v) is 5.30. The summed E-state index contributed by atoms with van der Waals surface area (Å²) in [6, 6.07) is 13.0. The zero-order chi connectivity index (χ0) is 18.4. The van der Waals surface area contributed by atoms with Crippen molar-refractivity contribution < 1.29 is 22.7 Å². The summed E-state index contributed by atoms with van der Waals surface area (Å²) in [6.45, 7) is 3.31. The molecule has 0 aliphatic rings. The summed E-state index contributed by atoms with van der Waals surface area (Å²) in [5, 5.41) is 0. The van der Waals surface area contributed by atoms with E-state index in [0.717, 1.165) is 9.87 Å². The normalized spacial score (nSPS) is 11.0. The van der Waals surface area contributed by atoms with Gasteiger partial charge in [-0.1, -0.05) is 12.1 Å². The zero-order valence-corrected chi connectivity index (χ0v) is 15.2. The van der Waals surface area contributed by atoms with Crippen LogP contribution in [0.3, 0.4) is 0 Å².